The van der Waals surface area contributed by atoms with E-state index < -0.39 is 0 Å². The zero-order chi connectivity index (χ0) is 27.3. The number of benzene rings is 4. The summed E-state index contributed by atoms with van der Waals surface area (Å²) in [6.45, 7) is 4.90. The molecule has 3 heteroatoms. The molecule has 0 amide bonds. The van der Waals surface area contributed by atoms with Crippen LogP contribution in [0, 0.1) is 0 Å². The smallest absolute Gasteiger partial charge is 0.135 e. The minimum absolute atomic E-state index is 0.531. The molecule has 0 unspecified atom stereocenters. The van der Waals surface area contributed by atoms with Gasteiger partial charge >= 0.3 is 0 Å². The summed E-state index contributed by atoms with van der Waals surface area (Å²) in [5.74, 6) is 0. The summed E-state index contributed by atoms with van der Waals surface area (Å²) in [6.07, 6.45) is 14.8. The average molecular weight is 521 g/mol. The third-order valence-electron chi connectivity index (χ3n) is 7.36. The molecule has 196 valence electrons. The van der Waals surface area contributed by atoms with Gasteiger partial charge in [0, 0.05) is 29.2 Å². The first-order valence-electron chi connectivity index (χ1n) is 13.7. The molecule has 0 saturated carbocycles. The number of para-hydroxylation sites is 1. The summed E-state index contributed by atoms with van der Waals surface area (Å²) in [5, 5.41) is 5.74. The second kappa shape index (κ2) is 11.5. The van der Waals surface area contributed by atoms with Crippen molar-refractivity contribution < 1.29 is 4.42 Å². The number of furan rings is 1. The molecule has 0 saturated heterocycles. The van der Waals surface area contributed by atoms with Crippen LogP contribution >= 0.6 is 0 Å². The molecule has 0 atom stereocenters. The van der Waals surface area contributed by atoms with Gasteiger partial charge in [0.15, 0.2) is 0 Å². The van der Waals surface area contributed by atoms with Crippen LogP contribution in [0.25, 0.3) is 38.6 Å². The first kappa shape index (κ1) is 25.4. The molecular formula is C37H32N2O. The zero-order valence-corrected chi connectivity index (χ0v) is 22.4. The molecule has 3 nitrogen and oxygen atoms in total. The topological polar surface area (TPSA) is 51.2 Å². The lowest BCUT2D eigenvalue weighted by Gasteiger charge is -2.11. The van der Waals surface area contributed by atoms with E-state index in [1.807, 2.05) is 18.3 Å². The SMILES string of the molecule is C=C(/C=C(\C=C/Nc1cccc(-c2ccc3oc4ccccc4c3c2)c1)c1ccc(CN)cc1)C1=CC=CCC1. The monoisotopic (exact) mass is 520 g/mol. The van der Waals surface area contributed by atoms with Gasteiger partial charge in [0.1, 0.15) is 11.2 Å². The van der Waals surface area contributed by atoms with E-state index >= 15 is 0 Å². The van der Waals surface area contributed by atoms with Crippen LogP contribution in [0.5, 0.6) is 0 Å². The standard InChI is InChI=1S/C37H32N2O/c1-26(28-8-3-2-4-9-28)22-32(29-16-14-27(25-38)15-17-29)20-21-39-33-11-7-10-30(23-33)31-18-19-37-35(24-31)34-12-5-6-13-36(34)40-37/h2-3,5-8,10-24,39H,1,4,9,25,38H2/b21-20-,32-22+. The van der Waals surface area contributed by atoms with Crippen LogP contribution in [0.4, 0.5) is 5.69 Å². The number of anilines is 1. The Bertz CT molecular complexity index is 1810. The molecule has 4 aromatic carbocycles. The third kappa shape index (κ3) is 5.47. The van der Waals surface area contributed by atoms with Gasteiger partial charge in [-0.15, -0.1) is 0 Å². The molecule has 0 radical (unpaired) electrons. The highest BCUT2D eigenvalue weighted by Gasteiger charge is 2.09. The van der Waals surface area contributed by atoms with Crippen molar-refractivity contribution >= 4 is 33.2 Å². The van der Waals surface area contributed by atoms with Gasteiger partial charge < -0.3 is 15.5 Å². The molecule has 0 aliphatic heterocycles. The zero-order valence-electron chi connectivity index (χ0n) is 22.4. The third-order valence-corrected chi connectivity index (χ3v) is 7.36. The summed E-state index contributed by atoms with van der Waals surface area (Å²) in [7, 11) is 0. The Balaban J connectivity index is 1.26. The molecule has 0 spiro atoms. The molecular weight excluding hydrogens is 488 g/mol. The predicted molar refractivity (Wildman–Crippen MR) is 170 cm³/mol. The molecule has 6 rings (SSSR count). The number of hydrogen-bond acceptors (Lipinski definition) is 3. The minimum atomic E-state index is 0.531. The van der Waals surface area contributed by atoms with E-state index in [2.05, 4.69) is 121 Å². The lowest BCUT2D eigenvalue weighted by atomic mass is 9.94. The second-order valence-electron chi connectivity index (χ2n) is 10.1. The summed E-state index contributed by atoms with van der Waals surface area (Å²) >= 11 is 0. The lowest BCUT2D eigenvalue weighted by molar-refractivity contribution is 0.669. The summed E-state index contributed by atoms with van der Waals surface area (Å²) in [5.41, 5.74) is 16.6. The van der Waals surface area contributed by atoms with Gasteiger partial charge in [-0.3, -0.25) is 0 Å². The Labute approximate surface area is 235 Å². The Morgan fingerprint density at radius 2 is 1.70 bits per heavy atom. The van der Waals surface area contributed by atoms with Gasteiger partial charge in [0.05, 0.1) is 0 Å². The predicted octanol–water partition coefficient (Wildman–Crippen LogP) is 9.55. The minimum Gasteiger partial charge on any atom is -0.456 e. The Hall–Kier alpha value is -4.86. The molecule has 1 aliphatic carbocycles. The van der Waals surface area contributed by atoms with Crippen molar-refractivity contribution in [2.45, 2.75) is 19.4 Å². The van der Waals surface area contributed by atoms with E-state index in [-0.39, 0.29) is 0 Å². The summed E-state index contributed by atoms with van der Waals surface area (Å²) in [6, 6.07) is 31.4. The van der Waals surface area contributed by atoms with Crippen molar-refractivity contribution in [1.82, 2.24) is 0 Å². The van der Waals surface area contributed by atoms with E-state index in [0.29, 0.717) is 6.54 Å². The van der Waals surface area contributed by atoms with E-state index in [1.165, 1.54) is 5.57 Å². The maximum Gasteiger partial charge on any atom is 0.135 e. The van der Waals surface area contributed by atoms with E-state index in [1.54, 1.807) is 0 Å². The summed E-state index contributed by atoms with van der Waals surface area (Å²) < 4.78 is 6.01. The second-order valence-corrected chi connectivity index (χ2v) is 10.1. The van der Waals surface area contributed by atoms with Crippen LogP contribution in [-0.2, 0) is 6.54 Å². The highest BCUT2D eigenvalue weighted by molar-refractivity contribution is 6.06. The molecule has 3 N–H and O–H groups in total. The van der Waals surface area contributed by atoms with Crippen LogP contribution in [0.2, 0.25) is 0 Å². The van der Waals surface area contributed by atoms with Crippen LogP contribution < -0.4 is 11.1 Å². The number of nitrogens with one attached hydrogen (secondary N) is 1. The number of nitrogens with two attached hydrogens (primary N) is 1. The van der Waals surface area contributed by atoms with Gasteiger partial charge in [0.25, 0.3) is 0 Å². The van der Waals surface area contributed by atoms with E-state index in [0.717, 1.165) is 73.9 Å². The van der Waals surface area contributed by atoms with Gasteiger partial charge in [-0.2, -0.15) is 0 Å². The quantitative estimate of drug-likeness (QED) is 0.200. The molecule has 5 aromatic rings. The first-order valence-corrected chi connectivity index (χ1v) is 13.7. The maximum absolute atomic E-state index is 6.01. The van der Waals surface area contributed by atoms with Crippen molar-refractivity contribution in [3.63, 3.8) is 0 Å². The Morgan fingerprint density at radius 3 is 2.52 bits per heavy atom. The summed E-state index contributed by atoms with van der Waals surface area (Å²) in [4.78, 5) is 0. The van der Waals surface area contributed by atoms with Crippen LogP contribution in [0.3, 0.4) is 0 Å². The van der Waals surface area contributed by atoms with E-state index in [4.69, 9.17) is 10.2 Å². The highest BCUT2D eigenvalue weighted by Crippen LogP contribution is 2.33. The lowest BCUT2D eigenvalue weighted by Crippen LogP contribution is -1.96. The average Bonchev–Trinajstić information content (AvgIpc) is 3.39. The van der Waals surface area contributed by atoms with Crippen molar-refractivity contribution in [3.05, 3.63) is 156 Å². The molecule has 0 bridgehead atoms. The molecule has 40 heavy (non-hydrogen) atoms. The van der Waals surface area contributed by atoms with Gasteiger partial charge in [-0.1, -0.05) is 85.5 Å². The number of rotatable bonds is 8. The Kier molecular flexibility index (Phi) is 7.30. The fraction of sp³-hybridized carbons (Fsp3) is 0.0811. The van der Waals surface area contributed by atoms with Crippen LogP contribution in [-0.4, -0.2) is 0 Å². The van der Waals surface area contributed by atoms with Gasteiger partial charge in [0.2, 0.25) is 0 Å². The molecule has 1 aliphatic rings. The molecule has 1 heterocycles. The maximum atomic E-state index is 6.01. The van der Waals surface area contributed by atoms with Gasteiger partial charge in [-0.05, 0) is 94.3 Å². The van der Waals surface area contributed by atoms with Crippen molar-refractivity contribution in [2.75, 3.05) is 5.32 Å². The highest BCUT2D eigenvalue weighted by atomic mass is 16.3. The van der Waals surface area contributed by atoms with Crippen molar-refractivity contribution in [3.8, 4) is 11.1 Å². The largest absolute Gasteiger partial charge is 0.456 e. The number of allylic oxidation sites excluding steroid dienone is 8. The Morgan fingerprint density at radius 1 is 0.875 bits per heavy atom. The fourth-order valence-electron chi connectivity index (χ4n) is 5.13. The number of fused-ring (bicyclic) bond motifs is 3. The first-order chi connectivity index (χ1) is 19.7. The van der Waals surface area contributed by atoms with Crippen molar-refractivity contribution in [1.29, 1.82) is 0 Å². The fourth-order valence-corrected chi connectivity index (χ4v) is 5.13. The van der Waals surface area contributed by atoms with Gasteiger partial charge in [-0.25, -0.2) is 0 Å². The molecule has 1 aromatic heterocycles. The van der Waals surface area contributed by atoms with E-state index in [9.17, 15) is 0 Å². The van der Waals surface area contributed by atoms with Crippen LogP contribution in [0.1, 0.15) is 24.0 Å². The van der Waals surface area contributed by atoms with Crippen molar-refractivity contribution in [2.24, 2.45) is 5.73 Å². The number of hydrogen-bond donors (Lipinski definition) is 2. The normalized spacial score (nSPS) is 13.7. The molecule has 0 fully saturated rings. The van der Waals surface area contributed by atoms with Crippen LogP contribution in [0.15, 0.2) is 150 Å².